The molecule has 3 heteroatoms. The summed E-state index contributed by atoms with van der Waals surface area (Å²) < 4.78 is 5.13. The molecule has 0 bridgehead atoms. The van der Waals surface area contributed by atoms with E-state index in [9.17, 15) is 0 Å². The van der Waals surface area contributed by atoms with Gasteiger partial charge in [-0.25, -0.2) is 4.98 Å². The molecule has 1 aliphatic rings. The number of hydrogen-bond acceptors (Lipinski definition) is 3. The van der Waals surface area contributed by atoms with Gasteiger partial charge in [0.1, 0.15) is 6.26 Å². The Morgan fingerprint density at radius 1 is 1.54 bits per heavy atom. The Labute approximate surface area is 78.5 Å². The first-order chi connectivity index (χ1) is 6.34. The van der Waals surface area contributed by atoms with Crippen LogP contribution < -0.4 is 5.32 Å². The van der Waals surface area contributed by atoms with E-state index >= 15 is 0 Å². The summed E-state index contributed by atoms with van der Waals surface area (Å²) in [6.07, 6.45) is 7.11. The molecule has 3 nitrogen and oxygen atoms in total. The lowest BCUT2D eigenvalue weighted by atomic mass is 10.2. The molecule has 1 aliphatic carbocycles. The molecule has 1 aromatic heterocycles. The van der Waals surface area contributed by atoms with Gasteiger partial charge in [-0.3, -0.25) is 0 Å². The van der Waals surface area contributed by atoms with Crippen LogP contribution in [-0.4, -0.2) is 11.0 Å². The first kappa shape index (κ1) is 8.75. The third-order valence-electron chi connectivity index (χ3n) is 2.59. The molecule has 72 valence electrons. The van der Waals surface area contributed by atoms with Crippen molar-refractivity contribution in [3.05, 3.63) is 17.8 Å². The minimum absolute atomic E-state index is 0.706. The van der Waals surface area contributed by atoms with E-state index in [0.29, 0.717) is 6.04 Å². The molecule has 1 heterocycles. The van der Waals surface area contributed by atoms with Gasteiger partial charge in [0, 0.05) is 19.5 Å². The SMILES string of the molecule is Cc1nc(CNC2CCCC2)co1. The van der Waals surface area contributed by atoms with Gasteiger partial charge in [-0.2, -0.15) is 0 Å². The molecule has 13 heavy (non-hydrogen) atoms. The van der Waals surface area contributed by atoms with Crippen molar-refractivity contribution in [3.8, 4) is 0 Å². The first-order valence-corrected chi connectivity index (χ1v) is 4.99. The minimum atomic E-state index is 0.706. The van der Waals surface area contributed by atoms with Crippen LogP contribution in [0, 0.1) is 6.92 Å². The van der Waals surface area contributed by atoms with Crippen molar-refractivity contribution in [1.29, 1.82) is 0 Å². The monoisotopic (exact) mass is 180 g/mol. The molecule has 0 radical (unpaired) electrons. The topological polar surface area (TPSA) is 38.1 Å². The fourth-order valence-electron chi connectivity index (χ4n) is 1.87. The highest BCUT2D eigenvalue weighted by Crippen LogP contribution is 2.17. The van der Waals surface area contributed by atoms with E-state index in [1.165, 1.54) is 25.7 Å². The standard InChI is InChI=1S/C10H16N2O/c1-8-12-10(7-13-8)6-11-9-4-2-3-5-9/h7,9,11H,2-6H2,1H3. The maximum absolute atomic E-state index is 5.13. The maximum atomic E-state index is 5.13. The van der Waals surface area contributed by atoms with Crippen LogP contribution in [-0.2, 0) is 6.54 Å². The zero-order valence-corrected chi connectivity index (χ0v) is 8.05. The molecule has 0 saturated heterocycles. The Morgan fingerprint density at radius 2 is 2.31 bits per heavy atom. The fourth-order valence-corrected chi connectivity index (χ4v) is 1.87. The largest absolute Gasteiger partial charge is 0.449 e. The number of nitrogens with one attached hydrogen (secondary N) is 1. The number of hydrogen-bond donors (Lipinski definition) is 1. The van der Waals surface area contributed by atoms with Gasteiger partial charge in [0.2, 0.25) is 0 Å². The van der Waals surface area contributed by atoms with E-state index in [0.717, 1.165) is 18.1 Å². The second-order valence-electron chi connectivity index (χ2n) is 3.72. The predicted octanol–water partition coefficient (Wildman–Crippen LogP) is 2.02. The number of aryl methyl sites for hydroxylation is 1. The molecule has 1 N–H and O–H groups in total. The summed E-state index contributed by atoms with van der Waals surface area (Å²) in [7, 11) is 0. The van der Waals surface area contributed by atoms with Crippen LogP contribution in [0.4, 0.5) is 0 Å². The van der Waals surface area contributed by atoms with E-state index in [1.54, 1.807) is 6.26 Å². The van der Waals surface area contributed by atoms with Crippen molar-refractivity contribution in [1.82, 2.24) is 10.3 Å². The van der Waals surface area contributed by atoms with E-state index < -0.39 is 0 Å². The molecule has 2 rings (SSSR count). The van der Waals surface area contributed by atoms with Crippen molar-refractivity contribution < 1.29 is 4.42 Å². The summed E-state index contributed by atoms with van der Waals surface area (Å²) in [5.41, 5.74) is 1.02. The highest BCUT2D eigenvalue weighted by molar-refractivity contribution is 4.95. The van der Waals surface area contributed by atoms with E-state index in [4.69, 9.17) is 4.42 Å². The normalized spacial score (nSPS) is 18.2. The lowest BCUT2D eigenvalue weighted by Gasteiger charge is -2.09. The van der Waals surface area contributed by atoms with Gasteiger partial charge in [-0.1, -0.05) is 12.8 Å². The molecule has 0 aliphatic heterocycles. The molecule has 1 fully saturated rings. The first-order valence-electron chi connectivity index (χ1n) is 4.99. The summed E-state index contributed by atoms with van der Waals surface area (Å²) >= 11 is 0. The lowest BCUT2D eigenvalue weighted by Crippen LogP contribution is -2.25. The van der Waals surface area contributed by atoms with Crippen molar-refractivity contribution in [2.24, 2.45) is 0 Å². The average molecular weight is 180 g/mol. The highest BCUT2D eigenvalue weighted by Gasteiger charge is 2.14. The maximum Gasteiger partial charge on any atom is 0.191 e. The van der Waals surface area contributed by atoms with Crippen LogP contribution in [0.25, 0.3) is 0 Å². The lowest BCUT2D eigenvalue weighted by molar-refractivity contribution is 0.509. The molecular formula is C10H16N2O. The number of nitrogens with zero attached hydrogens (tertiary/aromatic N) is 1. The molecule has 0 amide bonds. The van der Waals surface area contributed by atoms with Crippen molar-refractivity contribution in [2.75, 3.05) is 0 Å². The highest BCUT2D eigenvalue weighted by atomic mass is 16.3. The molecular weight excluding hydrogens is 164 g/mol. The molecule has 0 atom stereocenters. The zero-order valence-electron chi connectivity index (χ0n) is 8.05. The quantitative estimate of drug-likeness (QED) is 0.773. The van der Waals surface area contributed by atoms with Gasteiger partial charge in [-0.05, 0) is 12.8 Å². The van der Waals surface area contributed by atoms with Crippen LogP contribution >= 0.6 is 0 Å². The molecule has 0 unspecified atom stereocenters. The summed E-state index contributed by atoms with van der Waals surface area (Å²) in [4.78, 5) is 4.24. The molecule has 0 aromatic carbocycles. The van der Waals surface area contributed by atoms with E-state index in [-0.39, 0.29) is 0 Å². The van der Waals surface area contributed by atoms with Crippen molar-refractivity contribution in [2.45, 2.75) is 45.2 Å². The second-order valence-corrected chi connectivity index (χ2v) is 3.72. The Kier molecular flexibility index (Phi) is 2.64. The summed E-state index contributed by atoms with van der Waals surface area (Å²) in [5.74, 6) is 0.753. The summed E-state index contributed by atoms with van der Waals surface area (Å²) in [6.45, 7) is 2.72. The smallest absolute Gasteiger partial charge is 0.191 e. The van der Waals surface area contributed by atoms with Crippen LogP contribution in [0.1, 0.15) is 37.3 Å². The van der Waals surface area contributed by atoms with Gasteiger partial charge in [0.25, 0.3) is 0 Å². The number of oxazole rings is 1. The second kappa shape index (κ2) is 3.92. The van der Waals surface area contributed by atoms with Gasteiger partial charge < -0.3 is 9.73 Å². The van der Waals surface area contributed by atoms with E-state index in [2.05, 4.69) is 10.3 Å². The van der Waals surface area contributed by atoms with Gasteiger partial charge in [0.15, 0.2) is 5.89 Å². The third kappa shape index (κ3) is 2.31. The van der Waals surface area contributed by atoms with Crippen LogP contribution in [0.3, 0.4) is 0 Å². The van der Waals surface area contributed by atoms with Crippen molar-refractivity contribution >= 4 is 0 Å². The fraction of sp³-hybridized carbons (Fsp3) is 0.700. The van der Waals surface area contributed by atoms with E-state index in [1.807, 2.05) is 6.92 Å². The summed E-state index contributed by atoms with van der Waals surface area (Å²) in [5, 5.41) is 3.49. The summed E-state index contributed by atoms with van der Waals surface area (Å²) in [6, 6.07) is 0.706. The predicted molar refractivity (Wildman–Crippen MR) is 50.3 cm³/mol. The third-order valence-corrected chi connectivity index (χ3v) is 2.59. The zero-order chi connectivity index (χ0) is 9.10. The van der Waals surface area contributed by atoms with Gasteiger partial charge in [0.05, 0.1) is 5.69 Å². The Balaban J connectivity index is 1.78. The van der Waals surface area contributed by atoms with Crippen LogP contribution in [0.5, 0.6) is 0 Å². The average Bonchev–Trinajstić information content (AvgIpc) is 2.71. The van der Waals surface area contributed by atoms with Gasteiger partial charge >= 0.3 is 0 Å². The molecule has 1 saturated carbocycles. The molecule has 0 spiro atoms. The van der Waals surface area contributed by atoms with Gasteiger partial charge in [-0.15, -0.1) is 0 Å². The van der Waals surface area contributed by atoms with Crippen LogP contribution in [0.15, 0.2) is 10.7 Å². The Morgan fingerprint density at radius 3 is 2.92 bits per heavy atom. The number of aromatic nitrogens is 1. The number of rotatable bonds is 3. The molecule has 1 aromatic rings. The van der Waals surface area contributed by atoms with Crippen LogP contribution in [0.2, 0.25) is 0 Å². The Bertz CT molecular complexity index is 264. The Hall–Kier alpha value is -0.830. The van der Waals surface area contributed by atoms with Crippen molar-refractivity contribution in [3.63, 3.8) is 0 Å². The minimum Gasteiger partial charge on any atom is -0.449 e.